The van der Waals surface area contributed by atoms with Crippen molar-refractivity contribution in [1.29, 1.82) is 0 Å². The molecule has 1 aromatic rings. The van der Waals surface area contributed by atoms with Crippen molar-refractivity contribution in [3.8, 4) is 0 Å². The summed E-state index contributed by atoms with van der Waals surface area (Å²) in [6.45, 7) is 10.6. The van der Waals surface area contributed by atoms with E-state index in [4.69, 9.17) is 11.6 Å². The SMILES string of the molecule is CCCN(CCC)c1cnc(C(C)C)nc1CCl. The van der Waals surface area contributed by atoms with E-state index in [-0.39, 0.29) is 0 Å². The number of alkyl halides is 1. The molecule has 0 saturated heterocycles. The highest BCUT2D eigenvalue weighted by atomic mass is 35.5. The summed E-state index contributed by atoms with van der Waals surface area (Å²) in [4.78, 5) is 11.4. The molecule has 0 aliphatic carbocycles. The van der Waals surface area contributed by atoms with Gasteiger partial charge in [-0.25, -0.2) is 9.97 Å². The van der Waals surface area contributed by atoms with Gasteiger partial charge in [0, 0.05) is 19.0 Å². The fraction of sp³-hybridized carbons (Fsp3) is 0.714. The van der Waals surface area contributed by atoms with Crippen molar-refractivity contribution < 1.29 is 0 Å². The maximum Gasteiger partial charge on any atom is 0.131 e. The van der Waals surface area contributed by atoms with E-state index in [1.165, 1.54) is 0 Å². The Balaban J connectivity index is 3.05. The van der Waals surface area contributed by atoms with Crippen molar-refractivity contribution in [1.82, 2.24) is 9.97 Å². The van der Waals surface area contributed by atoms with Crippen LogP contribution < -0.4 is 4.90 Å². The van der Waals surface area contributed by atoms with Crippen molar-refractivity contribution in [2.75, 3.05) is 18.0 Å². The summed E-state index contributed by atoms with van der Waals surface area (Å²) in [5.74, 6) is 1.66. The molecular formula is C14H24ClN3. The molecule has 0 aromatic carbocycles. The average molecular weight is 270 g/mol. The second kappa shape index (κ2) is 7.57. The van der Waals surface area contributed by atoms with Gasteiger partial charge in [-0.1, -0.05) is 27.7 Å². The molecule has 0 N–H and O–H groups in total. The Bertz CT molecular complexity index is 360. The Morgan fingerprint density at radius 3 is 2.28 bits per heavy atom. The summed E-state index contributed by atoms with van der Waals surface area (Å²) >= 11 is 6.04. The Morgan fingerprint density at radius 2 is 1.83 bits per heavy atom. The predicted octanol–water partition coefficient (Wildman–Crippen LogP) is 3.97. The first-order valence-corrected chi connectivity index (χ1v) is 7.34. The number of rotatable bonds is 7. The van der Waals surface area contributed by atoms with Crippen LogP contribution in [0.5, 0.6) is 0 Å². The molecule has 1 heterocycles. The summed E-state index contributed by atoms with van der Waals surface area (Å²) in [6, 6.07) is 0. The molecule has 0 atom stereocenters. The van der Waals surface area contributed by atoms with Crippen LogP contribution >= 0.6 is 11.6 Å². The van der Waals surface area contributed by atoms with Crippen LogP contribution in [0.1, 0.15) is 58.0 Å². The van der Waals surface area contributed by atoms with E-state index in [0.717, 1.165) is 43.1 Å². The number of nitrogens with zero attached hydrogens (tertiary/aromatic N) is 3. The van der Waals surface area contributed by atoms with Crippen LogP contribution in [0.4, 0.5) is 5.69 Å². The van der Waals surface area contributed by atoms with Crippen molar-refractivity contribution in [3.63, 3.8) is 0 Å². The number of anilines is 1. The molecule has 0 spiro atoms. The van der Waals surface area contributed by atoms with E-state index in [2.05, 4.69) is 42.6 Å². The second-order valence-electron chi connectivity index (χ2n) is 4.84. The van der Waals surface area contributed by atoms with Gasteiger partial charge in [0.1, 0.15) is 5.82 Å². The summed E-state index contributed by atoms with van der Waals surface area (Å²) < 4.78 is 0. The Labute approximate surface area is 116 Å². The van der Waals surface area contributed by atoms with Crippen molar-refractivity contribution in [3.05, 3.63) is 17.7 Å². The van der Waals surface area contributed by atoms with Gasteiger partial charge in [0.15, 0.2) is 0 Å². The van der Waals surface area contributed by atoms with Crippen molar-refractivity contribution >= 4 is 17.3 Å². The molecule has 102 valence electrons. The Hall–Kier alpha value is -0.830. The standard InChI is InChI=1S/C14H24ClN3/c1-5-7-18(8-6-2)13-10-16-14(11(3)4)17-12(13)9-15/h10-11H,5-9H2,1-4H3. The van der Waals surface area contributed by atoms with Crippen LogP contribution in [-0.4, -0.2) is 23.1 Å². The highest BCUT2D eigenvalue weighted by Gasteiger charge is 2.13. The third-order valence-electron chi connectivity index (χ3n) is 2.83. The lowest BCUT2D eigenvalue weighted by molar-refractivity contribution is 0.721. The Morgan fingerprint density at radius 1 is 1.22 bits per heavy atom. The molecule has 0 amide bonds. The van der Waals surface area contributed by atoms with E-state index in [0.29, 0.717) is 11.8 Å². The molecule has 4 heteroatoms. The molecule has 0 saturated carbocycles. The third kappa shape index (κ3) is 3.84. The van der Waals surface area contributed by atoms with Gasteiger partial charge in [-0.05, 0) is 12.8 Å². The molecule has 0 unspecified atom stereocenters. The van der Waals surface area contributed by atoms with Crippen LogP contribution in [0.15, 0.2) is 6.20 Å². The lowest BCUT2D eigenvalue weighted by Gasteiger charge is -2.25. The lowest BCUT2D eigenvalue weighted by Crippen LogP contribution is -2.26. The fourth-order valence-electron chi connectivity index (χ4n) is 1.96. The minimum atomic E-state index is 0.340. The van der Waals surface area contributed by atoms with Crippen LogP contribution in [0.25, 0.3) is 0 Å². The van der Waals surface area contributed by atoms with Gasteiger partial charge in [0.05, 0.1) is 23.5 Å². The molecule has 3 nitrogen and oxygen atoms in total. The maximum atomic E-state index is 6.04. The topological polar surface area (TPSA) is 29.0 Å². The normalized spacial score (nSPS) is 11.0. The average Bonchev–Trinajstić information content (AvgIpc) is 2.37. The van der Waals surface area contributed by atoms with Gasteiger partial charge in [0.2, 0.25) is 0 Å². The van der Waals surface area contributed by atoms with Crippen LogP contribution in [0.3, 0.4) is 0 Å². The van der Waals surface area contributed by atoms with E-state index >= 15 is 0 Å². The summed E-state index contributed by atoms with van der Waals surface area (Å²) in [6.07, 6.45) is 4.17. The maximum absolute atomic E-state index is 6.04. The molecule has 18 heavy (non-hydrogen) atoms. The number of aromatic nitrogens is 2. The quantitative estimate of drug-likeness (QED) is 0.702. The van der Waals surface area contributed by atoms with Crippen molar-refractivity contribution in [2.24, 2.45) is 0 Å². The summed E-state index contributed by atoms with van der Waals surface area (Å²) in [5, 5.41) is 0. The van der Waals surface area contributed by atoms with Crippen LogP contribution in [-0.2, 0) is 5.88 Å². The minimum absolute atomic E-state index is 0.340. The highest BCUT2D eigenvalue weighted by Crippen LogP contribution is 2.22. The first-order chi connectivity index (χ1) is 8.63. The first-order valence-electron chi connectivity index (χ1n) is 6.80. The summed E-state index contributed by atoms with van der Waals surface area (Å²) in [5.41, 5.74) is 2.05. The van der Waals surface area contributed by atoms with Gasteiger partial charge < -0.3 is 4.90 Å². The molecule has 0 fully saturated rings. The van der Waals surface area contributed by atoms with Crippen molar-refractivity contribution in [2.45, 2.75) is 52.3 Å². The zero-order valence-corrected chi connectivity index (χ0v) is 12.7. The second-order valence-corrected chi connectivity index (χ2v) is 5.10. The van der Waals surface area contributed by atoms with Crippen LogP contribution in [0, 0.1) is 0 Å². The molecule has 1 rings (SSSR count). The van der Waals surface area contributed by atoms with Gasteiger partial charge in [-0.15, -0.1) is 11.6 Å². The van der Waals surface area contributed by atoms with E-state index in [1.807, 2.05) is 6.20 Å². The smallest absolute Gasteiger partial charge is 0.131 e. The first kappa shape index (κ1) is 15.2. The summed E-state index contributed by atoms with van der Waals surface area (Å²) in [7, 11) is 0. The van der Waals surface area contributed by atoms with E-state index in [1.54, 1.807) is 0 Å². The molecule has 0 aliphatic heterocycles. The monoisotopic (exact) mass is 269 g/mol. The zero-order valence-electron chi connectivity index (χ0n) is 11.9. The lowest BCUT2D eigenvalue weighted by atomic mass is 10.2. The largest absolute Gasteiger partial charge is 0.369 e. The molecular weight excluding hydrogens is 246 g/mol. The highest BCUT2D eigenvalue weighted by molar-refractivity contribution is 6.17. The van der Waals surface area contributed by atoms with Gasteiger partial charge in [-0.3, -0.25) is 0 Å². The molecule has 1 aromatic heterocycles. The fourth-order valence-corrected chi connectivity index (χ4v) is 2.16. The number of hydrogen-bond acceptors (Lipinski definition) is 3. The number of halogens is 1. The molecule has 0 aliphatic rings. The van der Waals surface area contributed by atoms with E-state index < -0.39 is 0 Å². The van der Waals surface area contributed by atoms with Gasteiger partial charge in [-0.2, -0.15) is 0 Å². The zero-order chi connectivity index (χ0) is 13.5. The number of hydrogen-bond donors (Lipinski definition) is 0. The minimum Gasteiger partial charge on any atom is -0.369 e. The predicted molar refractivity (Wildman–Crippen MR) is 78.5 cm³/mol. The van der Waals surface area contributed by atoms with Gasteiger partial charge >= 0.3 is 0 Å². The van der Waals surface area contributed by atoms with Gasteiger partial charge in [0.25, 0.3) is 0 Å². The third-order valence-corrected chi connectivity index (χ3v) is 3.09. The van der Waals surface area contributed by atoms with Crippen LogP contribution in [0.2, 0.25) is 0 Å². The Kier molecular flexibility index (Phi) is 6.41. The van der Waals surface area contributed by atoms with E-state index in [9.17, 15) is 0 Å². The molecule has 0 radical (unpaired) electrons. The molecule has 0 bridgehead atoms.